The molecule has 0 spiro atoms. The number of amides is 2. The molecule has 0 bridgehead atoms. The summed E-state index contributed by atoms with van der Waals surface area (Å²) in [5.74, 6) is -2.32. The van der Waals surface area contributed by atoms with Crippen LogP contribution in [-0.2, 0) is 23.9 Å². The molecule has 9 heteroatoms. The van der Waals surface area contributed by atoms with Gasteiger partial charge in [-0.2, -0.15) is 0 Å². The van der Waals surface area contributed by atoms with Gasteiger partial charge in [-0.3, -0.25) is 14.4 Å². The fourth-order valence-corrected chi connectivity index (χ4v) is 6.62. The predicted octanol–water partition coefficient (Wildman–Crippen LogP) is 11.2. The van der Waals surface area contributed by atoms with E-state index in [1.165, 1.54) is 128 Å². The normalized spacial score (nSPS) is 12.6. The average molecular weight is 777 g/mol. The Balaban J connectivity index is 4.23. The molecule has 2 unspecified atom stereocenters. The van der Waals surface area contributed by atoms with Gasteiger partial charge in [0.05, 0.1) is 13.2 Å². The predicted molar refractivity (Wildman–Crippen MR) is 227 cm³/mol. The fraction of sp³-hybridized carbons (Fsp3) is 0.826. The summed E-state index contributed by atoms with van der Waals surface area (Å²) in [6.07, 6.45) is 45.1. The quantitative estimate of drug-likeness (QED) is 0.0275. The Morgan fingerprint density at radius 2 is 0.982 bits per heavy atom. The monoisotopic (exact) mass is 777 g/mol. The van der Waals surface area contributed by atoms with Crippen LogP contribution in [0.1, 0.15) is 219 Å². The van der Waals surface area contributed by atoms with E-state index >= 15 is 0 Å². The third-order valence-electron chi connectivity index (χ3n) is 10.2. The molecular formula is C46H84N2O7. The van der Waals surface area contributed by atoms with Gasteiger partial charge in [0, 0.05) is 12.8 Å². The first kappa shape index (κ1) is 52.3. The summed E-state index contributed by atoms with van der Waals surface area (Å²) in [4.78, 5) is 47.5. The van der Waals surface area contributed by atoms with Crippen molar-refractivity contribution in [2.24, 2.45) is 0 Å². The summed E-state index contributed by atoms with van der Waals surface area (Å²) >= 11 is 0. The Morgan fingerprint density at radius 3 is 1.47 bits per heavy atom. The second kappa shape index (κ2) is 41.0. The molecular weight excluding hydrogens is 693 g/mol. The lowest BCUT2D eigenvalue weighted by Crippen LogP contribution is -2.47. The summed E-state index contributed by atoms with van der Waals surface area (Å²) in [7, 11) is 0. The molecule has 0 aliphatic rings. The number of esters is 1. The van der Waals surface area contributed by atoms with Gasteiger partial charge in [0.25, 0.3) is 0 Å². The fourth-order valence-electron chi connectivity index (χ4n) is 6.62. The van der Waals surface area contributed by atoms with E-state index in [9.17, 15) is 19.2 Å². The maximum absolute atomic E-state index is 12.8. The Morgan fingerprint density at radius 1 is 0.545 bits per heavy atom. The van der Waals surface area contributed by atoms with E-state index in [0.717, 1.165) is 57.8 Å². The highest BCUT2D eigenvalue weighted by atomic mass is 16.5. The molecule has 2 amide bonds. The van der Waals surface area contributed by atoms with E-state index in [-0.39, 0.29) is 24.5 Å². The lowest BCUT2D eigenvalue weighted by atomic mass is 10.0. The molecule has 55 heavy (non-hydrogen) atoms. The number of carbonyl (C=O) groups excluding carboxylic acids is 3. The molecule has 0 aromatic rings. The van der Waals surface area contributed by atoms with Crippen molar-refractivity contribution in [3.63, 3.8) is 0 Å². The first-order valence-corrected chi connectivity index (χ1v) is 22.7. The van der Waals surface area contributed by atoms with Gasteiger partial charge in [0.1, 0.15) is 12.1 Å². The SMILES string of the molecule is CCCCCCCC/C=C\CCCCCCCCCC(=O)OC(/C=C\CCCCCCCCC)CCCCCCCCC(=O)NCC(=O)NC(CO)C(=O)O. The number of aliphatic carboxylic acids is 1. The molecule has 0 aromatic carbocycles. The highest BCUT2D eigenvalue weighted by Crippen LogP contribution is 2.16. The number of hydrogen-bond donors (Lipinski definition) is 4. The van der Waals surface area contributed by atoms with Gasteiger partial charge in [-0.15, -0.1) is 0 Å². The van der Waals surface area contributed by atoms with E-state index in [0.29, 0.717) is 19.3 Å². The van der Waals surface area contributed by atoms with Gasteiger partial charge in [-0.1, -0.05) is 160 Å². The molecule has 0 rings (SSSR count). The summed E-state index contributed by atoms with van der Waals surface area (Å²) in [5, 5.41) is 22.5. The first-order valence-electron chi connectivity index (χ1n) is 22.7. The standard InChI is InChI=1S/C46H84N2O7/c1-3-5-7-9-11-13-14-15-16-17-18-19-20-22-24-30-34-38-45(52)55-41(35-31-27-23-21-12-10-8-6-4-2)36-32-28-25-26-29-33-37-43(50)47-39-44(51)48-42(40-49)46(53)54/h15-16,31,35,41-42,49H,3-14,17-30,32-34,36-40H2,1-2H3,(H,47,50)(H,48,51)(H,53,54)/b16-15-,35-31-. The number of rotatable bonds is 41. The van der Waals surface area contributed by atoms with Crippen LogP contribution in [0.3, 0.4) is 0 Å². The van der Waals surface area contributed by atoms with Crippen LogP contribution in [0.2, 0.25) is 0 Å². The van der Waals surface area contributed by atoms with Crippen LogP contribution in [0.15, 0.2) is 24.3 Å². The van der Waals surface area contributed by atoms with Gasteiger partial charge >= 0.3 is 11.9 Å². The van der Waals surface area contributed by atoms with E-state index in [2.05, 4.69) is 48.8 Å². The summed E-state index contributed by atoms with van der Waals surface area (Å²) < 4.78 is 5.96. The minimum Gasteiger partial charge on any atom is -0.480 e. The minimum atomic E-state index is -1.38. The summed E-state index contributed by atoms with van der Waals surface area (Å²) in [5.41, 5.74) is 0. The molecule has 9 nitrogen and oxygen atoms in total. The maximum Gasteiger partial charge on any atom is 0.328 e. The average Bonchev–Trinajstić information content (AvgIpc) is 3.17. The smallest absolute Gasteiger partial charge is 0.328 e. The lowest BCUT2D eigenvalue weighted by molar-refractivity contribution is -0.147. The van der Waals surface area contributed by atoms with Gasteiger partial charge < -0.3 is 25.6 Å². The zero-order chi connectivity index (χ0) is 40.5. The summed E-state index contributed by atoms with van der Waals surface area (Å²) in [6, 6.07) is -1.38. The number of ether oxygens (including phenoxy) is 1. The van der Waals surface area contributed by atoms with Crippen LogP contribution in [0, 0.1) is 0 Å². The van der Waals surface area contributed by atoms with Gasteiger partial charge in [0.2, 0.25) is 11.8 Å². The van der Waals surface area contributed by atoms with Gasteiger partial charge in [-0.05, 0) is 70.3 Å². The maximum atomic E-state index is 12.8. The molecule has 0 fully saturated rings. The highest BCUT2D eigenvalue weighted by Gasteiger charge is 2.18. The van der Waals surface area contributed by atoms with Crippen molar-refractivity contribution in [2.75, 3.05) is 13.2 Å². The van der Waals surface area contributed by atoms with Crippen LogP contribution in [0.25, 0.3) is 0 Å². The molecule has 0 aliphatic heterocycles. The number of aliphatic hydroxyl groups is 1. The van der Waals surface area contributed by atoms with Crippen molar-refractivity contribution in [1.29, 1.82) is 0 Å². The van der Waals surface area contributed by atoms with Crippen LogP contribution < -0.4 is 10.6 Å². The molecule has 0 heterocycles. The van der Waals surface area contributed by atoms with Crippen molar-refractivity contribution < 1.29 is 34.1 Å². The summed E-state index contributed by atoms with van der Waals surface area (Å²) in [6.45, 7) is 3.48. The van der Waals surface area contributed by atoms with Crippen LogP contribution in [-0.4, -0.2) is 59.3 Å². The van der Waals surface area contributed by atoms with E-state index in [1.54, 1.807) is 0 Å². The Bertz CT molecular complexity index is 983. The first-order chi connectivity index (χ1) is 26.8. The van der Waals surface area contributed by atoms with Gasteiger partial charge in [0.15, 0.2) is 0 Å². The second-order valence-corrected chi connectivity index (χ2v) is 15.5. The molecule has 0 saturated carbocycles. The van der Waals surface area contributed by atoms with Crippen molar-refractivity contribution in [1.82, 2.24) is 10.6 Å². The Hall–Kier alpha value is -2.68. The van der Waals surface area contributed by atoms with Crippen molar-refractivity contribution in [3.8, 4) is 0 Å². The topological polar surface area (TPSA) is 142 Å². The number of unbranched alkanes of at least 4 members (excludes halogenated alkanes) is 25. The number of allylic oxidation sites excluding steroid dienone is 3. The highest BCUT2D eigenvalue weighted by molar-refractivity contribution is 5.87. The molecule has 0 saturated heterocycles. The molecule has 0 radical (unpaired) electrons. The van der Waals surface area contributed by atoms with Crippen LogP contribution in [0.4, 0.5) is 0 Å². The number of nitrogens with one attached hydrogen (secondary N) is 2. The van der Waals surface area contributed by atoms with E-state index in [4.69, 9.17) is 14.9 Å². The van der Waals surface area contributed by atoms with Crippen molar-refractivity contribution in [2.45, 2.75) is 231 Å². The Kier molecular flexibility index (Phi) is 39.0. The lowest BCUT2D eigenvalue weighted by Gasteiger charge is -2.15. The zero-order valence-corrected chi connectivity index (χ0v) is 35.4. The molecule has 320 valence electrons. The third kappa shape index (κ3) is 38.0. The van der Waals surface area contributed by atoms with Gasteiger partial charge in [-0.25, -0.2) is 4.79 Å². The van der Waals surface area contributed by atoms with Crippen molar-refractivity contribution >= 4 is 23.8 Å². The zero-order valence-electron chi connectivity index (χ0n) is 35.4. The number of carbonyl (C=O) groups is 4. The number of hydrogen-bond acceptors (Lipinski definition) is 6. The number of carboxylic acid groups (broad SMARTS) is 1. The number of carboxylic acids is 1. The molecule has 2 atom stereocenters. The van der Waals surface area contributed by atoms with E-state index in [1.807, 2.05) is 0 Å². The van der Waals surface area contributed by atoms with Crippen LogP contribution >= 0.6 is 0 Å². The Labute approximate surface area is 336 Å². The molecule has 4 N–H and O–H groups in total. The second-order valence-electron chi connectivity index (χ2n) is 15.5. The van der Waals surface area contributed by atoms with Crippen LogP contribution in [0.5, 0.6) is 0 Å². The largest absolute Gasteiger partial charge is 0.480 e. The molecule has 0 aliphatic carbocycles. The minimum absolute atomic E-state index is 0.0795. The van der Waals surface area contributed by atoms with E-state index < -0.39 is 24.5 Å². The van der Waals surface area contributed by atoms with Crippen molar-refractivity contribution in [3.05, 3.63) is 24.3 Å². The number of aliphatic hydroxyl groups excluding tert-OH is 1. The molecule has 0 aromatic heterocycles. The third-order valence-corrected chi connectivity index (χ3v) is 10.2.